The molecule has 3 heterocycles. The van der Waals surface area contributed by atoms with Gasteiger partial charge in [0.2, 0.25) is 5.91 Å². The smallest absolute Gasteiger partial charge is 0.339 e. The van der Waals surface area contributed by atoms with Crippen molar-refractivity contribution < 1.29 is 14.7 Å². The molecule has 3 rings (SSSR count). The highest BCUT2D eigenvalue weighted by atomic mass is 16.4. The Morgan fingerprint density at radius 1 is 1.39 bits per heavy atom. The van der Waals surface area contributed by atoms with Crippen LogP contribution in [0.4, 0.5) is 5.82 Å². The predicted octanol–water partition coefficient (Wildman–Crippen LogP) is 0.570. The second-order valence-electron chi connectivity index (χ2n) is 6.35. The molecular weight excluding hydrogens is 296 g/mol. The summed E-state index contributed by atoms with van der Waals surface area (Å²) >= 11 is 0. The number of pyridine rings is 1. The molecule has 7 nitrogen and oxygen atoms in total. The minimum Gasteiger partial charge on any atom is -0.478 e. The highest BCUT2D eigenvalue weighted by Gasteiger charge is 2.41. The van der Waals surface area contributed by atoms with Crippen molar-refractivity contribution in [2.24, 2.45) is 0 Å². The number of likely N-dealkylation sites (N-methyl/N-ethyl adjacent to an activating group) is 1. The molecule has 1 spiro atoms. The zero-order chi connectivity index (χ0) is 16.4. The van der Waals surface area contributed by atoms with Crippen molar-refractivity contribution in [1.29, 1.82) is 0 Å². The molecule has 0 bridgehead atoms. The lowest BCUT2D eigenvalue weighted by Gasteiger charge is -2.49. The molecular formula is C16H22N4O3. The van der Waals surface area contributed by atoms with Crippen LogP contribution in [0.2, 0.25) is 0 Å². The lowest BCUT2D eigenvalue weighted by molar-refractivity contribution is -0.120. The van der Waals surface area contributed by atoms with Crippen LogP contribution in [0.1, 0.15) is 29.6 Å². The van der Waals surface area contributed by atoms with E-state index >= 15 is 0 Å². The Balaban J connectivity index is 1.89. The van der Waals surface area contributed by atoms with E-state index in [0.717, 1.165) is 25.9 Å². The van der Waals surface area contributed by atoms with Gasteiger partial charge in [-0.15, -0.1) is 0 Å². The van der Waals surface area contributed by atoms with Gasteiger partial charge in [-0.2, -0.15) is 0 Å². The van der Waals surface area contributed by atoms with E-state index < -0.39 is 5.97 Å². The Morgan fingerprint density at radius 2 is 2.22 bits per heavy atom. The summed E-state index contributed by atoms with van der Waals surface area (Å²) in [4.78, 5) is 31.8. The van der Waals surface area contributed by atoms with Crippen molar-refractivity contribution >= 4 is 17.7 Å². The summed E-state index contributed by atoms with van der Waals surface area (Å²) in [7, 11) is 2.09. The summed E-state index contributed by atoms with van der Waals surface area (Å²) in [5.41, 5.74) is 0.111. The number of amides is 1. The van der Waals surface area contributed by atoms with Crippen LogP contribution in [0.15, 0.2) is 18.3 Å². The molecule has 0 aliphatic carbocycles. The van der Waals surface area contributed by atoms with Crippen molar-refractivity contribution in [3.8, 4) is 0 Å². The number of rotatable bonds is 2. The Morgan fingerprint density at radius 3 is 3.00 bits per heavy atom. The van der Waals surface area contributed by atoms with Crippen LogP contribution in [0.25, 0.3) is 0 Å². The normalized spacial score (nSPS) is 26.0. The number of carbonyl (C=O) groups excluding carboxylic acids is 1. The third-order valence-electron chi connectivity index (χ3n) is 5.05. The summed E-state index contributed by atoms with van der Waals surface area (Å²) in [6.45, 7) is 2.90. The lowest BCUT2D eigenvalue weighted by Crippen LogP contribution is -2.61. The fourth-order valence-electron chi connectivity index (χ4n) is 3.59. The number of nitrogens with one attached hydrogen (secondary N) is 1. The largest absolute Gasteiger partial charge is 0.478 e. The molecule has 2 N–H and O–H groups in total. The first-order valence-electron chi connectivity index (χ1n) is 7.93. The number of piperazine rings is 1. The zero-order valence-corrected chi connectivity index (χ0v) is 13.3. The highest BCUT2D eigenvalue weighted by molar-refractivity contribution is 5.93. The quantitative estimate of drug-likeness (QED) is 0.829. The molecule has 0 radical (unpaired) electrons. The molecule has 0 saturated carbocycles. The fourth-order valence-corrected chi connectivity index (χ4v) is 3.59. The molecule has 0 unspecified atom stereocenters. The lowest BCUT2D eigenvalue weighted by atomic mass is 9.86. The van der Waals surface area contributed by atoms with Crippen LogP contribution in [0.5, 0.6) is 0 Å². The van der Waals surface area contributed by atoms with E-state index in [-0.39, 0.29) is 17.0 Å². The molecule has 124 valence electrons. The van der Waals surface area contributed by atoms with Gasteiger partial charge >= 0.3 is 5.97 Å². The van der Waals surface area contributed by atoms with Crippen LogP contribution in [0.3, 0.4) is 0 Å². The Bertz CT molecular complexity index is 621. The number of nitrogens with zero attached hydrogens (tertiary/aromatic N) is 3. The maximum atomic E-state index is 11.7. The standard InChI is InChI=1S/C16H22N4O3/c1-19-9-10-20(14-12(15(22)23)3-2-7-18-14)11-16(19)5-4-13(21)17-8-6-16/h2-3,7H,4-6,8-11H2,1H3,(H,17,21)(H,22,23)/t16-/m1/s1. The predicted molar refractivity (Wildman–Crippen MR) is 85.6 cm³/mol. The van der Waals surface area contributed by atoms with E-state index in [9.17, 15) is 14.7 Å². The number of aromatic carboxylic acids is 1. The van der Waals surface area contributed by atoms with Gasteiger partial charge in [0, 0.05) is 44.3 Å². The topological polar surface area (TPSA) is 85.8 Å². The van der Waals surface area contributed by atoms with Gasteiger partial charge in [0.05, 0.1) is 0 Å². The number of carbonyl (C=O) groups is 2. The van der Waals surface area contributed by atoms with Crippen LogP contribution >= 0.6 is 0 Å². The Kier molecular flexibility index (Phi) is 4.21. The molecule has 7 heteroatoms. The van der Waals surface area contributed by atoms with Crippen LogP contribution in [-0.4, -0.2) is 65.6 Å². The summed E-state index contributed by atoms with van der Waals surface area (Å²) in [6, 6.07) is 3.24. The second-order valence-corrected chi connectivity index (χ2v) is 6.35. The average molecular weight is 318 g/mol. The number of carboxylic acid groups (broad SMARTS) is 1. The molecule has 2 aliphatic heterocycles. The van der Waals surface area contributed by atoms with E-state index in [4.69, 9.17) is 0 Å². The van der Waals surface area contributed by atoms with Gasteiger partial charge in [0.1, 0.15) is 11.4 Å². The number of hydrogen-bond donors (Lipinski definition) is 2. The number of hydrogen-bond acceptors (Lipinski definition) is 5. The van der Waals surface area contributed by atoms with Gasteiger partial charge < -0.3 is 15.3 Å². The molecule has 2 saturated heterocycles. The monoisotopic (exact) mass is 318 g/mol. The summed E-state index contributed by atoms with van der Waals surface area (Å²) in [5.74, 6) is -0.341. The third kappa shape index (κ3) is 3.01. The fraction of sp³-hybridized carbons (Fsp3) is 0.562. The molecule has 23 heavy (non-hydrogen) atoms. The minimum atomic E-state index is -0.959. The van der Waals surface area contributed by atoms with E-state index in [1.165, 1.54) is 0 Å². The molecule has 1 amide bonds. The van der Waals surface area contributed by atoms with Gasteiger partial charge in [-0.1, -0.05) is 0 Å². The van der Waals surface area contributed by atoms with Crippen LogP contribution in [-0.2, 0) is 4.79 Å². The number of carboxylic acids is 1. The van der Waals surface area contributed by atoms with Crippen molar-refractivity contribution in [3.05, 3.63) is 23.9 Å². The van der Waals surface area contributed by atoms with Crippen LogP contribution in [0, 0.1) is 0 Å². The van der Waals surface area contributed by atoms with Gasteiger partial charge in [-0.25, -0.2) is 9.78 Å². The Hall–Kier alpha value is -2.15. The van der Waals surface area contributed by atoms with Gasteiger partial charge in [-0.05, 0) is 32.0 Å². The van der Waals surface area contributed by atoms with Crippen molar-refractivity contribution in [1.82, 2.24) is 15.2 Å². The second kappa shape index (κ2) is 6.16. The summed E-state index contributed by atoms with van der Waals surface area (Å²) in [5, 5.41) is 12.3. The maximum Gasteiger partial charge on any atom is 0.339 e. The van der Waals surface area contributed by atoms with E-state index in [1.807, 2.05) is 0 Å². The molecule has 1 atom stereocenters. The van der Waals surface area contributed by atoms with Crippen molar-refractivity contribution in [3.63, 3.8) is 0 Å². The van der Waals surface area contributed by atoms with Gasteiger partial charge in [-0.3, -0.25) is 9.69 Å². The van der Waals surface area contributed by atoms with Gasteiger partial charge in [0.15, 0.2) is 0 Å². The molecule has 0 aromatic carbocycles. The van der Waals surface area contributed by atoms with E-state index in [0.29, 0.717) is 25.3 Å². The zero-order valence-electron chi connectivity index (χ0n) is 13.3. The average Bonchev–Trinajstić information content (AvgIpc) is 2.73. The number of anilines is 1. The minimum absolute atomic E-state index is 0.0939. The molecule has 1 aromatic rings. The van der Waals surface area contributed by atoms with Gasteiger partial charge in [0.25, 0.3) is 0 Å². The van der Waals surface area contributed by atoms with Crippen molar-refractivity contribution in [2.45, 2.75) is 24.8 Å². The van der Waals surface area contributed by atoms with E-state index in [1.54, 1.807) is 18.3 Å². The molecule has 2 aliphatic rings. The number of aromatic nitrogens is 1. The SMILES string of the molecule is CN1CCN(c2ncccc2C(=O)O)C[C@@]12CCNC(=O)CC2. The first kappa shape index (κ1) is 15.7. The summed E-state index contributed by atoms with van der Waals surface area (Å²) in [6.07, 6.45) is 3.78. The molecule has 2 fully saturated rings. The first-order valence-corrected chi connectivity index (χ1v) is 7.93. The molecule has 1 aromatic heterocycles. The summed E-state index contributed by atoms with van der Waals surface area (Å²) < 4.78 is 0. The van der Waals surface area contributed by atoms with Crippen LogP contribution < -0.4 is 10.2 Å². The van der Waals surface area contributed by atoms with Crippen molar-refractivity contribution in [2.75, 3.05) is 38.1 Å². The first-order chi connectivity index (χ1) is 11.0. The maximum absolute atomic E-state index is 11.7. The van der Waals surface area contributed by atoms with E-state index in [2.05, 4.69) is 27.1 Å². The Labute approximate surface area is 135 Å². The third-order valence-corrected chi connectivity index (χ3v) is 5.05. The highest BCUT2D eigenvalue weighted by Crippen LogP contribution is 2.32.